The molecule has 0 heterocycles. The molecule has 4 heteroatoms. The summed E-state index contributed by atoms with van der Waals surface area (Å²) in [7, 11) is 1.73. The average Bonchev–Trinajstić information content (AvgIpc) is 2.42. The van der Waals surface area contributed by atoms with Gasteiger partial charge in [-0.05, 0) is 35.5 Å². The summed E-state index contributed by atoms with van der Waals surface area (Å²) < 4.78 is 5.06. The molecular weight excluding hydrogens is 278 g/mol. The number of hydrogen-bond acceptors (Lipinski definition) is 3. The SMILES string of the molecule is CCSCCC(CNCCOC)c1ccccc1Cl. The lowest BCUT2D eigenvalue weighted by Gasteiger charge is -2.19. The highest BCUT2D eigenvalue weighted by Gasteiger charge is 2.13. The van der Waals surface area contributed by atoms with E-state index in [4.69, 9.17) is 16.3 Å². The topological polar surface area (TPSA) is 21.3 Å². The molecular formula is C15H24ClNOS. The molecule has 0 aliphatic rings. The van der Waals surface area contributed by atoms with Gasteiger partial charge in [-0.15, -0.1) is 0 Å². The highest BCUT2D eigenvalue weighted by atomic mass is 35.5. The lowest BCUT2D eigenvalue weighted by Crippen LogP contribution is -2.25. The Morgan fingerprint density at radius 2 is 2.16 bits per heavy atom. The molecule has 1 aromatic rings. The average molecular weight is 302 g/mol. The van der Waals surface area contributed by atoms with Gasteiger partial charge in [0.25, 0.3) is 0 Å². The number of rotatable bonds is 10. The minimum Gasteiger partial charge on any atom is -0.383 e. The molecule has 0 radical (unpaired) electrons. The van der Waals surface area contributed by atoms with Gasteiger partial charge in [0.2, 0.25) is 0 Å². The maximum Gasteiger partial charge on any atom is 0.0587 e. The molecule has 0 aromatic heterocycles. The predicted molar refractivity (Wildman–Crippen MR) is 86.6 cm³/mol. The molecule has 0 amide bonds. The summed E-state index contributed by atoms with van der Waals surface area (Å²) in [6.07, 6.45) is 1.15. The molecule has 0 saturated carbocycles. The Bertz CT molecular complexity index is 349. The Kier molecular flexibility index (Phi) is 9.35. The number of hydrogen-bond donors (Lipinski definition) is 1. The van der Waals surface area contributed by atoms with Crippen LogP contribution in [0.2, 0.25) is 5.02 Å². The lowest BCUT2D eigenvalue weighted by molar-refractivity contribution is 0.199. The Hall–Kier alpha value is -0.220. The van der Waals surface area contributed by atoms with Gasteiger partial charge in [0.1, 0.15) is 0 Å². The summed E-state index contributed by atoms with van der Waals surface area (Å²) in [6.45, 7) is 4.79. The van der Waals surface area contributed by atoms with Crippen molar-refractivity contribution in [3.63, 3.8) is 0 Å². The predicted octanol–water partition coefficient (Wildman–Crippen LogP) is 3.80. The molecule has 0 bridgehead atoms. The van der Waals surface area contributed by atoms with E-state index < -0.39 is 0 Å². The zero-order valence-corrected chi connectivity index (χ0v) is 13.4. The summed E-state index contributed by atoms with van der Waals surface area (Å²) in [5, 5.41) is 4.32. The van der Waals surface area contributed by atoms with Crippen molar-refractivity contribution in [2.45, 2.75) is 19.3 Å². The molecule has 1 unspecified atom stereocenters. The van der Waals surface area contributed by atoms with E-state index in [2.05, 4.69) is 24.4 Å². The molecule has 108 valence electrons. The molecule has 0 aliphatic carbocycles. The quantitative estimate of drug-likeness (QED) is 0.664. The van der Waals surface area contributed by atoms with E-state index in [-0.39, 0.29) is 0 Å². The first kappa shape index (κ1) is 16.8. The van der Waals surface area contributed by atoms with Crippen molar-refractivity contribution >= 4 is 23.4 Å². The van der Waals surface area contributed by atoms with E-state index in [1.807, 2.05) is 23.9 Å². The molecule has 1 aromatic carbocycles. The van der Waals surface area contributed by atoms with Crippen molar-refractivity contribution in [2.75, 3.05) is 38.3 Å². The third-order valence-corrected chi connectivity index (χ3v) is 4.31. The van der Waals surface area contributed by atoms with Gasteiger partial charge in [-0.1, -0.05) is 36.7 Å². The molecule has 1 atom stereocenters. The first-order chi connectivity index (χ1) is 9.29. The third kappa shape index (κ3) is 6.66. The monoisotopic (exact) mass is 301 g/mol. The van der Waals surface area contributed by atoms with Crippen LogP contribution in [-0.2, 0) is 4.74 Å². The number of nitrogens with one attached hydrogen (secondary N) is 1. The minimum atomic E-state index is 0.476. The highest BCUT2D eigenvalue weighted by molar-refractivity contribution is 7.99. The summed E-state index contributed by atoms with van der Waals surface area (Å²) in [6, 6.07) is 8.17. The van der Waals surface area contributed by atoms with Crippen molar-refractivity contribution in [3.8, 4) is 0 Å². The smallest absolute Gasteiger partial charge is 0.0587 e. The van der Waals surface area contributed by atoms with E-state index in [1.54, 1.807) is 7.11 Å². The van der Waals surface area contributed by atoms with Gasteiger partial charge >= 0.3 is 0 Å². The fraction of sp³-hybridized carbons (Fsp3) is 0.600. The van der Waals surface area contributed by atoms with Gasteiger partial charge in [0.05, 0.1) is 6.61 Å². The van der Waals surface area contributed by atoms with Crippen molar-refractivity contribution < 1.29 is 4.74 Å². The van der Waals surface area contributed by atoms with Crippen LogP contribution in [0.3, 0.4) is 0 Å². The molecule has 2 nitrogen and oxygen atoms in total. The largest absolute Gasteiger partial charge is 0.383 e. The van der Waals surface area contributed by atoms with Gasteiger partial charge in [0, 0.05) is 25.2 Å². The van der Waals surface area contributed by atoms with E-state index >= 15 is 0 Å². The van der Waals surface area contributed by atoms with Crippen LogP contribution in [0.5, 0.6) is 0 Å². The summed E-state index contributed by atoms with van der Waals surface area (Å²) >= 11 is 8.30. The van der Waals surface area contributed by atoms with Crippen molar-refractivity contribution in [2.24, 2.45) is 0 Å². The highest BCUT2D eigenvalue weighted by Crippen LogP contribution is 2.27. The molecule has 0 fully saturated rings. The Morgan fingerprint density at radius 1 is 1.37 bits per heavy atom. The fourth-order valence-electron chi connectivity index (χ4n) is 1.99. The van der Waals surface area contributed by atoms with Crippen LogP contribution >= 0.6 is 23.4 Å². The van der Waals surface area contributed by atoms with E-state index in [0.717, 1.165) is 31.1 Å². The third-order valence-electron chi connectivity index (χ3n) is 3.03. The van der Waals surface area contributed by atoms with Gasteiger partial charge in [-0.25, -0.2) is 0 Å². The lowest BCUT2D eigenvalue weighted by atomic mass is 9.96. The molecule has 0 aliphatic heterocycles. The van der Waals surface area contributed by atoms with E-state index in [9.17, 15) is 0 Å². The number of methoxy groups -OCH3 is 1. The first-order valence-electron chi connectivity index (χ1n) is 6.81. The summed E-state index contributed by atoms with van der Waals surface area (Å²) in [4.78, 5) is 0. The second-order valence-corrected chi connectivity index (χ2v) is 6.20. The number of thioether (sulfide) groups is 1. The minimum absolute atomic E-state index is 0.476. The second-order valence-electron chi connectivity index (χ2n) is 4.40. The standard InChI is InChI=1S/C15H24ClNOS/c1-3-19-11-8-13(12-17-9-10-18-2)14-6-4-5-7-15(14)16/h4-7,13,17H,3,8-12H2,1-2H3. The van der Waals surface area contributed by atoms with Crippen LogP contribution in [0.1, 0.15) is 24.8 Å². The molecule has 1 rings (SSSR count). The normalized spacial score (nSPS) is 12.6. The fourth-order valence-corrected chi connectivity index (χ4v) is 3.02. The Labute approximate surface area is 126 Å². The summed E-state index contributed by atoms with van der Waals surface area (Å²) in [5.41, 5.74) is 1.26. The van der Waals surface area contributed by atoms with Crippen LogP contribution in [0.25, 0.3) is 0 Å². The Balaban J connectivity index is 2.55. The molecule has 0 spiro atoms. The van der Waals surface area contributed by atoms with Crippen LogP contribution in [0, 0.1) is 0 Å². The summed E-state index contributed by atoms with van der Waals surface area (Å²) in [5.74, 6) is 2.83. The van der Waals surface area contributed by atoms with Crippen LogP contribution in [0.15, 0.2) is 24.3 Å². The van der Waals surface area contributed by atoms with Gasteiger partial charge in [0.15, 0.2) is 0 Å². The Morgan fingerprint density at radius 3 is 2.84 bits per heavy atom. The molecule has 1 N–H and O–H groups in total. The maximum absolute atomic E-state index is 6.31. The second kappa shape index (κ2) is 10.6. The number of benzene rings is 1. The van der Waals surface area contributed by atoms with Crippen LogP contribution < -0.4 is 5.32 Å². The first-order valence-corrected chi connectivity index (χ1v) is 8.34. The van der Waals surface area contributed by atoms with Crippen molar-refractivity contribution in [3.05, 3.63) is 34.9 Å². The van der Waals surface area contributed by atoms with Crippen LogP contribution in [0.4, 0.5) is 0 Å². The van der Waals surface area contributed by atoms with Gasteiger partial charge < -0.3 is 10.1 Å². The maximum atomic E-state index is 6.31. The van der Waals surface area contributed by atoms with Crippen molar-refractivity contribution in [1.29, 1.82) is 0 Å². The van der Waals surface area contributed by atoms with Gasteiger partial charge in [-0.3, -0.25) is 0 Å². The number of ether oxygens (including phenoxy) is 1. The van der Waals surface area contributed by atoms with E-state index in [1.165, 1.54) is 17.1 Å². The molecule has 0 saturated heterocycles. The van der Waals surface area contributed by atoms with Crippen LogP contribution in [-0.4, -0.2) is 38.3 Å². The van der Waals surface area contributed by atoms with Crippen molar-refractivity contribution in [1.82, 2.24) is 5.32 Å². The van der Waals surface area contributed by atoms with Gasteiger partial charge in [-0.2, -0.15) is 11.8 Å². The molecule has 19 heavy (non-hydrogen) atoms. The zero-order valence-electron chi connectivity index (χ0n) is 11.8. The zero-order chi connectivity index (χ0) is 13.9. The van der Waals surface area contributed by atoms with E-state index in [0.29, 0.717) is 5.92 Å². The number of halogens is 1.